The summed E-state index contributed by atoms with van der Waals surface area (Å²) in [6.07, 6.45) is 2.53. The van der Waals surface area contributed by atoms with Crippen LogP contribution in [0, 0.1) is 6.92 Å². The van der Waals surface area contributed by atoms with Crippen molar-refractivity contribution in [3.8, 4) is 0 Å². The predicted molar refractivity (Wildman–Crippen MR) is 74.2 cm³/mol. The number of nitrogens with zero attached hydrogens (tertiary/aromatic N) is 4. The Kier molecular flexibility index (Phi) is 3.10. The molecule has 0 spiro atoms. The van der Waals surface area contributed by atoms with E-state index >= 15 is 0 Å². The molecule has 0 aliphatic heterocycles. The highest BCUT2D eigenvalue weighted by atomic mass is 15.4. The molecule has 19 heavy (non-hydrogen) atoms. The molecule has 3 rings (SSSR count). The molecule has 0 bridgehead atoms. The molecular weight excluding hydrogens is 238 g/mol. The fourth-order valence-electron chi connectivity index (χ4n) is 1.94. The Balaban J connectivity index is 1.65. The van der Waals surface area contributed by atoms with Crippen LogP contribution in [-0.2, 0) is 6.42 Å². The molecular formula is C14H15N5. The fraction of sp³-hybridized carbons (Fsp3) is 0.214. The second kappa shape index (κ2) is 5.06. The fourth-order valence-corrected chi connectivity index (χ4v) is 1.94. The maximum atomic E-state index is 4.24. The SMILES string of the molecule is Cc1ccc(NCCc2nnc3cccnn23)cc1. The van der Waals surface area contributed by atoms with Gasteiger partial charge in [-0.3, -0.25) is 0 Å². The van der Waals surface area contributed by atoms with Crippen LogP contribution >= 0.6 is 0 Å². The van der Waals surface area contributed by atoms with E-state index in [1.54, 1.807) is 10.7 Å². The van der Waals surface area contributed by atoms with Crippen LogP contribution in [0.1, 0.15) is 11.4 Å². The Morgan fingerprint density at radius 2 is 1.95 bits per heavy atom. The van der Waals surface area contributed by atoms with Crippen molar-refractivity contribution in [1.29, 1.82) is 0 Å². The number of aromatic nitrogens is 4. The number of anilines is 1. The van der Waals surface area contributed by atoms with Gasteiger partial charge in [-0.05, 0) is 31.2 Å². The van der Waals surface area contributed by atoms with Gasteiger partial charge in [-0.1, -0.05) is 17.7 Å². The molecule has 2 heterocycles. The number of fused-ring (bicyclic) bond motifs is 1. The normalized spacial score (nSPS) is 10.8. The van der Waals surface area contributed by atoms with Crippen LogP contribution in [0.4, 0.5) is 5.69 Å². The number of hydrogen-bond donors (Lipinski definition) is 1. The van der Waals surface area contributed by atoms with E-state index in [2.05, 4.69) is 51.8 Å². The molecule has 0 unspecified atom stereocenters. The van der Waals surface area contributed by atoms with Crippen LogP contribution in [0.15, 0.2) is 42.6 Å². The second-order valence-electron chi connectivity index (χ2n) is 4.45. The first-order valence-electron chi connectivity index (χ1n) is 6.29. The standard InChI is InChI=1S/C14H15N5/c1-11-4-6-12(7-5-11)15-10-8-14-18-17-13-3-2-9-16-19(13)14/h2-7,9,15H,8,10H2,1H3. The number of hydrogen-bond acceptors (Lipinski definition) is 4. The summed E-state index contributed by atoms with van der Waals surface area (Å²) in [5, 5.41) is 15.8. The van der Waals surface area contributed by atoms with Crippen molar-refractivity contribution in [3.05, 3.63) is 54.0 Å². The summed E-state index contributed by atoms with van der Waals surface area (Å²) in [4.78, 5) is 0. The van der Waals surface area contributed by atoms with E-state index in [0.29, 0.717) is 0 Å². The van der Waals surface area contributed by atoms with Gasteiger partial charge in [0.15, 0.2) is 11.5 Å². The van der Waals surface area contributed by atoms with Crippen molar-refractivity contribution in [2.24, 2.45) is 0 Å². The smallest absolute Gasteiger partial charge is 0.177 e. The van der Waals surface area contributed by atoms with E-state index in [0.717, 1.165) is 30.1 Å². The third-order valence-corrected chi connectivity index (χ3v) is 2.97. The van der Waals surface area contributed by atoms with Crippen LogP contribution < -0.4 is 5.32 Å². The van der Waals surface area contributed by atoms with E-state index in [4.69, 9.17) is 0 Å². The first-order valence-corrected chi connectivity index (χ1v) is 6.29. The number of benzene rings is 1. The highest BCUT2D eigenvalue weighted by molar-refractivity contribution is 5.44. The first kappa shape index (κ1) is 11.6. The maximum absolute atomic E-state index is 4.24. The van der Waals surface area contributed by atoms with Gasteiger partial charge >= 0.3 is 0 Å². The molecule has 0 radical (unpaired) electrons. The number of rotatable bonds is 4. The van der Waals surface area contributed by atoms with Crippen molar-refractivity contribution < 1.29 is 0 Å². The lowest BCUT2D eigenvalue weighted by Crippen LogP contribution is -2.08. The van der Waals surface area contributed by atoms with Crippen molar-refractivity contribution in [2.75, 3.05) is 11.9 Å². The predicted octanol–water partition coefficient (Wildman–Crippen LogP) is 2.09. The zero-order valence-electron chi connectivity index (χ0n) is 10.7. The van der Waals surface area contributed by atoms with Crippen LogP contribution in [0.3, 0.4) is 0 Å². The lowest BCUT2D eigenvalue weighted by Gasteiger charge is -2.05. The Morgan fingerprint density at radius 1 is 1.11 bits per heavy atom. The maximum Gasteiger partial charge on any atom is 0.177 e. The van der Waals surface area contributed by atoms with E-state index in [9.17, 15) is 0 Å². The lowest BCUT2D eigenvalue weighted by atomic mass is 10.2. The van der Waals surface area contributed by atoms with Crippen LogP contribution in [0.2, 0.25) is 0 Å². The molecule has 96 valence electrons. The summed E-state index contributed by atoms with van der Waals surface area (Å²) in [6, 6.07) is 12.1. The molecule has 0 saturated carbocycles. The quantitative estimate of drug-likeness (QED) is 0.773. The summed E-state index contributed by atoms with van der Waals surface area (Å²) in [6.45, 7) is 2.89. The Bertz CT molecular complexity index is 672. The van der Waals surface area contributed by atoms with Gasteiger partial charge in [0, 0.05) is 24.8 Å². The Hall–Kier alpha value is -2.43. The second-order valence-corrected chi connectivity index (χ2v) is 4.45. The van der Waals surface area contributed by atoms with Gasteiger partial charge in [0.05, 0.1) is 0 Å². The molecule has 0 atom stereocenters. The van der Waals surface area contributed by atoms with Crippen molar-refractivity contribution in [1.82, 2.24) is 19.8 Å². The zero-order valence-corrected chi connectivity index (χ0v) is 10.7. The summed E-state index contributed by atoms with van der Waals surface area (Å²) >= 11 is 0. The van der Waals surface area contributed by atoms with Crippen LogP contribution in [0.5, 0.6) is 0 Å². The summed E-state index contributed by atoms with van der Waals surface area (Å²) in [7, 11) is 0. The van der Waals surface area contributed by atoms with Gasteiger partial charge in [-0.15, -0.1) is 10.2 Å². The van der Waals surface area contributed by atoms with E-state index < -0.39 is 0 Å². The minimum atomic E-state index is 0.784. The number of nitrogens with one attached hydrogen (secondary N) is 1. The molecule has 0 aliphatic carbocycles. The topological polar surface area (TPSA) is 55.1 Å². The van der Waals surface area contributed by atoms with Crippen LogP contribution in [0.25, 0.3) is 5.65 Å². The van der Waals surface area contributed by atoms with Crippen molar-refractivity contribution in [3.63, 3.8) is 0 Å². The average molecular weight is 253 g/mol. The van der Waals surface area contributed by atoms with Crippen molar-refractivity contribution in [2.45, 2.75) is 13.3 Å². The van der Waals surface area contributed by atoms with E-state index in [1.165, 1.54) is 5.56 Å². The van der Waals surface area contributed by atoms with Gasteiger partial charge in [0.25, 0.3) is 0 Å². The minimum Gasteiger partial charge on any atom is -0.385 e. The highest BCUT2D eigenvalue weighted by Gasteiger charge is 2.04. The minimum absolute atomic E-state index is 0.784. The molecule has 3 aromatic rings. The molecule has 2 aromatic heterocycles. The van der Waals surface area contributed by atoms with Gasteiger partial charge in [-0.2, -0.15) is 9.61 Å². The number of aryl methyl sites for hydroxylation is 1. The van der Waals surface area contributed by atoms with Gasteiger partial charge < -0.3 is 5.32 Å². The Labute approximate surface area is 111 Å². The third-order valence-electron chi connectivity index (χ3n) is 2.97. The Morgan fingerprint density at radius 3 is 2.79 bits per heavy atom. The van der Waals surface area contributed by atoms with Gasteiger partial charge in [-0.25, -0.2) is 0 Å². The van der Waals surface area contributed by atoms with Gasteiger partial charge in [0.1, 0.15) is 0 Å². The van der Waals surface area contributed by atoms with Crippen molar-refractivity contribution >= 4 is 11.3 Å². The highest BCUT2D eigenvalue weighted by Crippen LogP contribution is 2.08. The molecule has 0 fully saturated rings. The third kappa shape index (κ3) is 2.54. The van der Waals surface area contributed by atoms with Crippen LogP contribution in [-0.4, -0.2) is 26.4 Å². The molecule has 0 aliphatic rings. The molecule has 5 heteroatoms. The van der Waals surface area contributed by atoms with E-state index in [-0.39, 0.29) is 0 Å². The van der Waals surface area contributed by atoms with Gasteiger partial charge in [0.2, 0.25) is 0 Å². The average Bonchev–Trinajstić information content (AvgIpc) is 2.85. The molecule has 0 amide bonds. The van der Waals surface area contributed by atoms with E-state index in [1.807, 2.05) is 12.1 Å². The summed E-state index contributed by atoms with van der Waals surface area (Å²) in [5.41, 5.74) is 3.17. The monoisotopic (exact) mass is 253 g/mol. The molecule has 1 N–H and O–H groups in total. The zero-order chi connectivity index (χ0) is 13.1. The summed E-state index contributed by atoms with van der Waals surface area (Å²) < 4.78 is 1.77. The lowest BCUT2D eigenvalue weighted by molar-refractivity contribution is 0.803. The molecule has 0 saturated heterocycles. The molecule has 1 aromatic carbocycles. The first-order chi connectivity index (χ1) is 9.33. The largest absolute Gasteiger partial charge is 0.385 e. The molecule has 5 nitrogen and oxygen atoms in total. The summed E-state index contributed by atoms with van der Waals surface area (Å²) in [5.74, 6) is 0.871.